The first-order chi connectivity index (χ1) is 8.74. The van der Waals surface area contributed by atoms with Crippen LogP contribution in [0.1, 0.15) is 30.2 Å². The maximum Gasteiger partial charge on any atom is 0.137 e. The fraction of sp³-hybridized carbons (Fsp3) is 0.286. The predicted molar refractivity (Wildman–Crippen MR) is 72.1 cm³/mol. The molecule has 1 N–H and O–H groups in total. The standard InChI is InChI=1S/C14H13BrFNO/c15-11-8-9(4-5-12(11)16)17-13-2-1-3-14-10(13)6-7-18-14/h4-8,13,17H,1-3H2. The molecule has 1 aromatic carbocycles. The van der Waals surface area contributed by atoms with Gasteiger partial charge in [0.2, 0.25) is 0 Å². The van der Waals surface area contributed by atoms with Gasteiger partial charge < -0.3 is 9.73 Å². The number of anilines is 1. The molecule has 1 atom stereocenters. The van der Waals surface area contributed by atoms with E-state index in [1.165, 1.54) is 11.6 Å². The molecule has 1 heterocycles. The molecule has 0 aliphatic heterocycles. The SMILES string of the molecule is Fc1ccc(NC2CCCc3occc32)cc1Br. The van der Waals surface area contributed by atoms with E-state index in [4.69, 9.17) is 4.42 Å². The molecule has 94 valence electrons. The third-order valence-corrected chi connectivity index (χ3v) is 3.92. The number of benzene rings is 1. The van der Waals surface area contributed by atoms with E-state index >= 15 is 0 Å². The third kappa shape index (κ3) is 2.17. The zero-order valence-corrected chi connectivity index (χ0v) is 11.3. The summed E-state index contributed by atoms with van der Waals surface area (Å²) in [5.41, 5.74) is 2.14. The number of fused-ring (bicyclic) bond motifs is 1. The van der Waals surface area contributed by atoms with Gasteiger partial charge in [0, 0.05) is 17.7 Å². The van der Waals surface area contributed by atoms with Crippen molar-refractivity contribution in [2.24, 2.45) is 0 Å². The molecule has 1 unspecified atom stereocenters. The van der Waals surface area contributed by atoms with Crippen LogP contribution in [0, 0.1) is 5.82 Å². The van der Waals surface area contributed by atoms with Gasteiger partial charge in [-0.2, -0.15) is 0 Å². The van der Waals surface area contributed by atoms with Crippen molar-refractivity contribution >= 4 is 21.6 Å². The van der Waals surface area contributed by atoms with E-state index in [2.05, 4.69) is 21.2 Å². The molecule has 0 radical (unpaired) electrons. The highest BCUT2D eigenvalue weighted by molar-refractivity contribution is 9.10. The minimum atomic E-state index is -0.242. The quantitative estimate of drug-likeness (QED) is 0.872. The number of furan rings is 1. The smallest absolute Gasteiger partial charge is 0.137 e. The molecule has 2 nitrogen and oxygen atoms in total. The molecular weight excluding hydrogens is 297 g/mol. The second-order valence-corrected chi connectivity index (χ2v) is 5.37. The van der Waals surface area contributed by atoms with Crippen LogP contribution >= 0.6 is 15.9 Å². The van der Waals surface area contributed by atoms with E-state index in [1.807, 2.05) is 6.07 Å². The molecule has 1 aromatic heterocycles. The lowest BCUT2D eigenvalue weighted by Crippen LogP contribution is -2.15. The number of nitrogens with one attached hydrogen (secondary N) is 1. The molecule has 0 saturated carbocycles. The number of rotatable bonds is 2. The summed E-state index contributed by atoms with van der Waals surface area (Å²) >= 11 is 3.20. The lowest BCUT2D eigenvalue weighted by atomic mass is 9.93. The third-order valence-electron chi connectivity index (χ3n) is 3.31. The van der Waals surface area contributed by atoms with Crippen molar-refractivity contribution in [2.75, 3.05) is 5.32 Å². The van der Waals surface area contributed by atoms with Gasteiger partial charge >= 0.3 is 0 Å². The van der Waals surface area contributed by atoms with Crippen LogP contribution in [-0.2, 0) is 6.42 Å². The topological polar surface area (TPSA) is 25.2 Å². The highest BCUT2D eigenvalue weighted by Crippen LogP contribution is 2.33. The summed E-state index contributed by atoms with van der Waals surface area (Å²) in [4.78, 5) is 0. The Hall–Kier alpha value is -1.29. The van der Waals surface area contributed by atoms with Gasteiger partial charge in [-0.05, 0) is 53.0 Å². The zero-order valence-electron chi connectivity index (χ0n) is 9.75. The van der Waals surface area contributed by atoms with Gasteiger partial charge in [0.25, 0.3) is 0 Å². The molecule has 0 amide bonds. The van der Waals surface area contributed by atoms with E-state index in [0.29, 0.717) is 4.47 Å². The lowest BCUT2D eigenvalue weighted by molar-refractivity contribution is 0.461. The van der Waals surface area contributed by atoms with Crippen LogP contribution in [0.25, 0.3) is 0 Å². The van der Waals surface area contributed by atoms with Crippen LogP contribution in [0.4, 0.5) is 10.1 Å². The Balaban J connectivity index is 1.84. The Morgan fingerprint density at radius 2 is 2.22 bits per heavy atom. The molecule has 4 heteroatoms. The van der Waals surface area contributed by atoms with Crippen molar-refractivity contribution in [3.63, 3.8) is 0 Å². The van der Waals surface area contributed by atoms with Gasteiger partial charge in [-0.3, -0.25) is 0 Å². The van der Waals surface area contributed by atoms with Crippen LogP contribution in [0.3, 0.4) is 0 Å². The fourth-order valence-corrected chi connectivity index (χ4v) is 2.80. The molecule has 2 aromatic rings. The number of hydrogen-bond acceptors (Lipinski definition) is 2. The molecule has 0 fully saturated rings. The van der Waals surface area contributed by atoms with E-state index in [1.54, 1.807) is 18.4 Å². The first-order valence-corrected chi connectivity index (χ1v) is 6.81. The average molecular weight is 310 g/mol. The molecular formula is C14H13BrFNO. The van der Waals surface area contributed by atoms with Gasteiger partial charge in [-0.1, -0.05) is 0 Å². The van der Waals surface area contributed by atoms with Crippen molar-refractivity contribution in [3.05, 3.63) is 52.1 Å². The maximum absolute atomic E-state index is 13.2. The predicted octanol–water partition coefficient (Wildman–Crippen LogP) is 4.67. The second-order valence-electron chi connectivity index (χ2n) is 4.52. The Labute approximate surface area is 113 Å². The van der Waals surface area contributed by atoms with Gasteiger partial charge in [-0.15, -0.1) is 0 Å². The van der Waals surface area contributed by atoms with Crippen molar-refractivity contribution in [3.8, 4) is 0 Å². The van der Waals surface area contributed by atoms with Crippen molar-refractivity contribution < 1.29 is 8.81 Å². The van der Waals surface area contributed by atoms with Crippen molar-refractivity contribution in [1.29, 1.82) is 0 Å². The number of halogens is 2. The van der Waals surface area contributed by atoms with Crippen LogP contribution in [0.2, 0.25) is 0 Å². The Bertz CT molecular complexity index is 567. The van der Waals surface area contributed by atoms with Crippen LogP contribution < -0.4 is 5.32 Å². The summed E-state index contributed by atoms with van der Waals surface area (Å²) in [5, 5.41) is 3.43. The molecule has 0 saturated heterocycles. The summed E-state index contributed by atoms with van der Waals surface area (Å²) in [5.74, 6) is 0.827. The first kappa shape index (κ1) is 11.8. The van der Waals surface area contributed by atoms with Crippen molar-refractivity contribution in [1.82, 2.24) is 0 Å². The van der Waals surface area contributed by atoms with E-state index in [-0.39, 0.29) is 11.9 Å². The highest BCUT2D eigenvalue weighted by Gasteiger charge is 2.22. The maximum atomic E-state index is 13.2. The minimum absolute atomic E-state index is 0.242. The summed E-state index contributed by atoms with van der Waals surface area (Å²) in [6.45, 7) is 0. The first-order valence-electron chi connectivity index (χ1n) is 6.02. The minimum Gasteiger partial charge on any atom is -0.469 e. The van der Waals surface area contributed by atoms with E-state index < -0.39 is 0 Å². The zero-order chi connectivity index (χ0) is 12.5. The van der Waals surface area contributed by atoms with Gasteiger partial charge in [0.1, 0.15) is 11.6 Å². The Morgan fingerprint density at radius 1 is 1.33 bits per heavy atom. The molecule has 0 bridgehead atoms. The number of hydrogen-bond donors (Lipinski definition) is 1. The highest BCUT2D eigenvalue weighted by atomic mass is 79.9. The van der Waals surface area contributed by atoms with Gasteiger partial charge in [0.15, 0.2) is 0 Å². The van der Waals surface area contributed by atoms with Gasteiger partial charge in [0.05, 0.1) is 16.8 Å². The molecule has 0 spiro atoms. The monoisotopic (exact) mass is 309 g/mol. The summed E-state index contributed by atoms with van der Waals surface area (Å²) in [6, 6.07) is 7.26. The largest absolute Gasteiger partial charge is 0.469 e. The van der Waals surface area contributed by atoms with Crippen LogP contribution in [0.5, 0.6) is 0 Å². The second kappa shape index (κ2) is 4.76. The van der Waals surface area contributed by atoms with Crippen molar-refractivity contribution in [2.45, 2.75) is 25.3 Å². The molecule has 3 rings (SSSR count). The lowest BCUT2D eigenvalue weighted by Gasteiger charge is -2.23. The average Bonchev–Trinajstić information content (AvgIpc) is 2.83. The van der Waals surface area contributed by atoms with E-state index in [9.17, 15) is 4.39 Å². The molecule has 1 aliphatic rings. The Morgan fingerprint density at radius 3 is 3.06 bits per heavy atom. The Kier molecular flexibility index (Phi) is 3.12. The normalized spacial score (nSPS) is 18.4. The number of aryl methyl sites for hydroxylation is 1. The fourth-order valence-electron chi connectivity index (χ4n) is 2.42. The summed E-state index contributed by atoms with van der Waals surface area (Å²) in [7, 11) is 0. The van der Waals surface area contributed by atoms with Crippen LogP contribution in [-0.4, -0.2) is 0 Å². The van der Waals surface area contributed by atoms with Crippen LogP contribution in [0.15, 0.2) is 39.4 Å². The van der Waals surface area contributed by atoms with E-state index in [0.717, 1.165) is 30.7 Å². The van der Waals surface area contributed by atoms with Gasteiger partial charge in [-0.25, -0.2) is 4.39 Å². The molecule has 18 heavy (non-hydrogen) atoms. The summed E-state index contributed by atoms with van der Waals surface area (Å²) in [6.07, 6.45) is 4.93. The summed E-state index contributed by atoms with van der Waals surface area (Å²) < 4.78 is 19.1. The molecule has 1 aliphatic carbocycles.